The van der Waals surface area contributed by atoms with E-state index in [-0.39, 0.29) is 5.91 Å². The molecular formula is C29H29N3O3. The Morgan fingerprint density at radius 1 is 0.857 bits per heavy atom. The molecule has 0 N–H and O–H groups in total. The van der Waals surface area contributed by atoms with E-state index >= 15 is 0 Å². The SMILES string of the molecule is COc1ccc(-c2cc(C(=O)N3CCN(c4ccccc4C)CC3)c3ccccc3n2)c(OC)c1. The lowest BCUT2D eigenvalue weighted by atomic mass is 10.0. The van der Waals surface area contributed by atoms with Crippen LogP contribution >= 0.6 is 0 Å². The molecule has 1 amide bonds. The molecule has 0 aliphatic carbocycles. The van der Waals surface area contributed by atoms with Gasteiger partial charge in [-0.2, -0.15) is 0 Å². The number of para-hydroxylation sites is 2. The van der Waals surface area contributed by atoms with Crippen LogP contribution in [0, 0.1) is 6.92 Å². The zero-order chi connectivity index (χ0) is 24.4. The van der Waals surface area contributed by atoms with Crippen LogP contribution < -0.4 is 14.4 Å². The molecule has 1 aliphatic rings. The lowest BCUT2D eigenvalue weighted by molar-refractivity contribution is 0.0748. The van der Waals surface area contributed by atoms with Crippen LogP contribution in [0.3, 0.4) is 0 Å². The highest BCUT2D eigenvalue weighted by Gasteiger charge is 2.25. The molecule has 4 aromatic rings. The summed E-state index contributed by atoms with van der Waals surface area (Å²) in [6, 6.07) is 23.7. The first-order valence-electron chi connectivity index (χ1n) is 11.8. The van der Waals surface area contributed by atoms with Crippen LogP contribution in [0.25, 0.3) is 22.2 Å². The van der Waals surface area contributed by atoms with Gasteiger partial charge >= 0.3 is 0 Å². The van der Waals surface area contributed by atoms with E-state index in [2.05, 4.69) is 36.1 Å². The number of fused-ring (bicyclic) bond motifs is 1. The maximum Gasteiger partial charge on any atom is 0.254 e. The topological polar surface area (TPSA) is 54.9 Å². The van der Waals surface area contributed by atoms with E-state index in [1.807, 2.05) is 53.4 Å². The molecule has 0 saturated carbocycles. The van der Waals surface area contributed by atoms with Gasteiger partial charge in [0.25, 0.3) is 5.91 Å². The molecule has 0 atom stereocenters. The number of methoxy groups -OCH3 is 2. The fourth-order valence-corrected chi connectivity index (χ4v) is 4.74. The van der Waals surface area contributed by atoms with E-state index in [1.165, 1.54) is 11.3 Å². The van der Waals surface area contributed by atoms with Crippen LogP contribution in [-0.4, -0.2) is 56.2 Å². The predicted octanol–water partition coefficient (Wildman–Crippen LogP) is 5.19. The predicted molar refractivity (Wildman–Crippen MR) is 140 cm³/mol. The Bertz CT molecular complexity index is 1380. The fourth-order valence-electron chi connectivity index (χ4n) is 4.74. The summed E-state index contributed by atoms with van der Waals surface area (Å²) in [5, 5.41) is 0.857. The van der Waals surface area contributed by atoms with E-state index in [0.717, 1.165) is 29.6 Å². The Balaban J connectivity index is 1.48. The Hall–Kier alpha value is -4.06. The third-order valence-electron chi connectivity index (χ3n) is 6.65. The second-order valence-electron chi connectivity index (χ2n) is 8.70. The third-order valence-corrected chi connectivity index (χ3v) is 6.65. The van der Waals surface area contributed by atoms with Crippen molar-refractivity contribution in [3.63, 3.8) is 0 Å². The molecule has 3 aromatic carbocycles. The fraction of sp³-hybridized carbons (Fsp3) is 0.241. The molecule has 0 bridgehead atoms. The van der Waals surface area contributed by atoms with Gasteiger partial charge in [-0.15, -0.1) is 0 Å². The second-order valence-corrected chi connectivity index (χ2v) is 8.70. The van der Waals surface area contributed by atoms with Crippen molar-refractivity contribution in [3.8, 4) is 22.8 Å². The lowest BCUT2D eigenvalue weighted by Gasteiger charge is -2.37. The van der Waals surface area contributed by atoms with Crippen molar-refractivity contribution in [1.29, 1.82) is 0 Å². The first kappa shape index (κ1) is 22.7. The average molecular weight is 468 g/mol. The van der Waals surface area contributed by atoms with Crippen LogP contribution in [0.4, 0.5) is 5.69 Å². The summed E-state index contributed by atoms with van der Waals surface area (Å²) in [6.45, 7) is 5.08. The number of aryl methyl sites for hydroxylation is 1. The van der Waals surface area contributed by atoms with Crippen molar-refractivity contribution in [2.45, 2.75) is 6.92 Å². The van der Waals surface area contributed by atoms with Crippen LogP contribution in [0.2, 0.25) is 0 Å². The maximum absolute atomic E-state index is 13.8. The number of carbonyl (C=O) groups is 1. The van der Waals surface area contributed by atoms with Gasteiger partial charge in [0.05, 0.1) is 31.0 Å². The summed E-state index contributed by atoms with van der Waals surface area (Å²) < 4.78 is 11.0. The number of pyridine rings is 1. The van der Waals surface area contributed by atoms with Crippen molar-refractivity contribution in [3.05, 3.63) is 83.9 Å². The highest BCUT2D eigenvalue weighted by Crippen LogP contribution is 2.34. The van der Waals surface area contributed by atoms with Gasteiger partial charge in [-0.25, -0.2) is 4.98 Å². The van der Waals surface area contributed by atoms with Crippen LogP contribution in [0.5, 0.6) is 11.5 Å². The molecule has 35 heavy (non-hydrogen) atoms. The van der Waals surface area contributed by atoms with Gasteiger partial charge in [-0.05, 0) is 42.8 Å². The number of ether oxygens (including phenoxy) is 2. The molecule has 6 heteroatoms. The number of carbonyl (C=O) groups excluding carboxylic acids is 1. The summed E-state index contributed by atoms with van der Waals surface area (Å²) >= 11 is 0. The number of hydrogen-bond acceptors (Lipinski definition) is 5. The zero-order valence-corrected chi connectivity index (χ0v) is 20.3. The van der Waals surface area contributed by atoms with Crippen molar-refractivity contribution >= 4 is 22.5 Å². The largest absolute Gasteiger partial charge is 0.497 e. The van der Waals surface area contributed by atoms with Gasteiger partial charge in [0.1, 0.15) is 11.5 Å². The molecule has 0 unspecified atom stereocenters. The van der Waals surface area contributed by atoms with Crippen molar-refractivity contribution < 1.29 is 14.3 Å². The molecule has 1 aromatic heterocycles. The minimum Gasteiger partial charge on any atom is -0.497 e. The number of rotatable bonds is 5. The van der Waals surface area contributed by atoms with Gasteiger partial charge in [-0.3, -0.25) is 4.79 Å². The summed E-state index contributed by atoms with van der Waals surface area (Å²) in [6.07, 6.45) is 0. The lowest BCUT2D eigenvalue weighted by Crippen LogP contribution is -2.49. The Kier molecular flexibility index (Phi) is 6.27. The standard InChI is InChI=1S/C29H29N3O3/c1-20-8-4-7-11-27(20)31-14-16-32(17-15-31)29(33)24-19-26(30-25-10-6-5-9-22(24)25)23-13-12-21(34-2)18-28(23)35-3/h4-13,18-19H,14-17H2,1-3H3. The second kappa shape index (κ2) is 9.66. The molecule has 0 radical (unpaired) electrons. The summed E-state index contributed by atoms with van der Waals surface area (Å²) in [7, 11) is 3.25. The van der Waals surface area contributed by atoms with E-state index in [0.29, 0.717) is 35.8 Å². The quantitative estimate of drug-likeness (QED) is 0.404. The number of aromatic nitrogens is 1. The van der Waals surface area contributed by atoms with E-state index in [4.69, 9.17) is 14.5 Å². The van der Waals surface area contributed by atoms with Gasteiger partial charge in [0.2, 0.25) is 0 Å². The highest BCUT2D eigenvalue weighted by molar-refractivity contribution is 6.07. The molecule has 5 rings (SSSR count). The summed E-state index contributed by atoms with van der Waals surface area (Å²) in [4.78, 5) is 23.0. The van der Waals surface area contributed by atoms with Gasteiger partial charge in [0, 0.05) is 48.9 Å². The Labute approximate surface area is 205 Å². The molecule has 6 nitrogen and oxygen atoms in total. The van der Waals surface area contributed by atoms with Crippen LogP contribution in [0.1, 0.15) is 15.9 Å². The van der Waals surface area contributed by atoms with E-state index < -0.39 is 0 Å². The van der Waals surface area contributed by atoms with E-state index in [1.54, 1.807) is 14.2 Å². The minimum absolute atomic E-state index is 0.0294. The van der Waals surface area contributed by atoms with Crippen LogP contribution in [-0.2, 0) is 0 Å². The zero-order valence-electron chi connectivity index (χ0n) is 20.3. The Morgan fingerprint density at radius 2 is 1.60 bits per heavy atom. The molecule has 1 saturated heterocycles. The van der Waals surface area contributed by atoms with Gasteiger partial charge in [-0.1, -0.05) is 36.4 Å². The van der Waals surface area contributed by atoms with Gasteiger partial charge in [0.15, 0.2) is 0 Å². The number of nitrogens with zero attached hydrogens (tertiary/aromatic N) is 3. The maximum atomic E-state index is 13.8. The molecule has 2 heterocycles. The highest BCUT2D eigenvalue weighted by atomic mass is 16.5. The summed E-state index contributed by atoms with van der Waals surface area (Å²) in [5.41, 5.74) is 5.45. The number of amides is 1. The number of anilines is 1. The summed E-state index contributed by atoms with van der Waals surface area (Å²) in [5.74, 6) is 1.38. The average Bonchev–Trinajstić information content (AvgIpc) is 2.92. The van der Waals surface area contributed by atoms with Crippen molar-refractivity contribution in [2.24, 2.45) is 0 Å². The third kappa shape index (κ3) is 4.39. The van der Waals surface area contributed by atoms with Gasteiger partial charge < -0.3 is 19.3 Å². The molecule has 1 aliphatic heterocycles. The molecule has 1 fully saturated rings. The Morgan fingerprint density at radius 3 is 2.34 bits per heavy atom. The monoisotopic (exact) mass is 467 g/mol. The number of hydrogen-bond donors (Lipinski definition) is 0. The van der Waals surface area contributed by atoms with Crippen LogP contribution in [0.15, 0.2) is 72.8 Å². The van der Waals surface area contributed by atoms with Crippen molar-refractivity contribution in [2.75, 3.05) is 45.3 Å². The molecular weight excluding hydrogens is 438 g/mol. The number of piperazine rings is 1. The van der Waals surface area contributed by atoms with Crippen molar-refractivity contribution in [1.82, 2.24) is 9.88 Å². The minimum atomic E-state index is 0.0294. The number of benzene rings is 3. The normalized spacial score (nSPS) is 13.7. The van der Waals surface area contributed by atoms with E-state index in [9.17, 15) is 4.79 Å². The smallest absolute Gasteiger partial charge is 0.254 e. The first-order valence-corrected chi connectivity index (χ1v) is 11.8. The molecule has 0 spiro atoms. The molecule has 178 valence electrons. The first-order chi connectivity index (χ1) is 17.1.